The third kappa shape index (κ3) is 4.48. The van der Waals surface area contributed by atoms with E-state index in [1.165, 1.54) is 44.8 Å². The lowest BCUT2D eigenvalue weighted by atomic mass is 10.2. The Bertz CT molecular complexity index is 863. The quantitative estimate of drug-likeness (QED) is 0.695. The Morgan fingerprint density at radius 1 is 1.12 bits per heavy atom. The molecule has 0 N–H and O–H groups in total. The van der Waals surface area contributed by atoms with Gasteiger partial charge in [0.2, 0.25) is 0 Å². The molecule has 8 heteroatoms. The van der Waals surface area contributed by atoms with Gasteiger partial charge in [-0.2, -0.15) is 0 Å². The molecule has 0 saturated heterocycles. The Labute approximate surface area is 146 Å². The number of rotatable bonds is 7. The number of ether oxygens (including phenoxy) is 3. The van der Waals surface area contributed by atoms with E-state index in [0.29, 0.717) is 11.3 Å². The van der Waals surface area contributed by atoms with Crippen molar-refractivity contribution in [2.24, 2.45) is 0 Å². The molecule has 0 bridgehead atoms. The Balaban J connectivity index is 2.36. The molecular weight excluding hydrogens is 346 g/mol. The van der Waals surface area contributed by atoms with Crippen LogP contribution in [0.25, 0.3) is 0 Å². The smallest absolute Gasteiger partial charge is 0.339 e. The minimum Gasteiger partial charge on any atom is -0.497 e. The van der Waals surface area contributed by atoms with E-state index in [0.717, 1.165) is 0 Å². The number of hydrogen-bond donors (Lipinski definition) is 0. The highest BCUT2D eigenvalue weighted by Crippen LogP contribution is 2.30. The summed E-state index contributed by atoms with van der Waals surface area (Å²) >= 11 is 0. The summed E-state index contributed by atoms with van der Waals surface area (Å²) in [5.74, 6) is -0.266. The molecule has 1 heterocycles. The summed E-state index contributed by atoms with van der Waals surface area (Å²) in [7, 11) is -0.899. The number of methoxy groups -OCH3 is 2. The second kappa shape index (κ2) is 7.98. The number of hydrogen-bond acceptors (Lipinski definition) is 7. The maximum absolute atomic E-state index is 12.8. The lowest BCUT2D eigenvalue weighted by Gasteiger charge is -2.11. The maximum Gasteiger partial charge on any atom is 0.339 e. The van der Waals surface area contributed by atoms with Crippen molar-refractivity contribution in [3.8, 4) is 11.5 Å². The van der Waals surface area contributed by atoms with Crippen LogP contribution in [-0.2, 0) is 20.3 Å². The number of pyridine rings is 1. The molecule has 0 atom stereocenters. The Kier molecular flexibility index (Phi) is 5.97. The average Bonchev–Trinajstić information content (AvgIpc) is 2.61. The fourth-order valence-corrected chi connectivity index (χ4v) is 3.72. The molecule has 2 rings (SSSR count). The Hall–Kier alpha value is -2.61. The monoisotopic (exact) mass is 365 g/mol. The molecule has 0 aliphatic rings. The molecule has 0 fully saturated rings. The molecule has 0 spiro atoms. The number of nitrogens with zero attached hydrogens (tertiary/aromatic N) is 1. The fourth-order valence-electron chi connectivity index (χ4n) is 2.22. The van der Waals surface area contributed by atoms with Crippen LogP contribution in [0.15, 0.2) is 41.6 Å². The first-order valence-electron chi connectivity index (χ1n) is 7.47. The van der Waals surface area contributed by atoms with Crippen LogP contribution >= 0.6 is 0 Å². The van der Waals surface area contributed by atoms with Gasteiger partial charge in [0.25, 0.3) is 0 Å². The van der Waals surface area contributed by atoms with E-state index >= 15 is 0 Å². The van der Waals surface area contributed by atoms with E-state index in [9.17, 15) is 13.2 Å². The number of aromatic nitrogens is 1. The topological polar surface area (TPSA) is 91.8 Å². The molecule has 2 aromatic rings. The van der Waals surface area contributed by atoms with Crippen molar-refractivity contribution in [1.82, 2.24) is 4.98 Å². The summed E-state index contributed by atoms with van der Waals surface area (Å²) in [6, 6.07) is 5.99. The minimum absolute atomic E-state index is 0.0101. The van der Waals surface area contributed by atoms with Crippen LogP contribution in [0.1, 0.15) is 22.8 Å². The minimum atomic E-state index is -3.74. The van der Waals surface area contributed by atoms with Crippen molar-refractivity contribution in [2.45, 2.75) is 17.6 Å². The normalized spacial score (nSPS) is 11.0. The zero-order valence-corrected chi connectivity index (χ0v) is 15.0. The van der Waals surface area contributed by atoms with Gasteiger partial charge in [-0.05, 0) is 30.7 Å². The molecule has 0 aliphatic heterocycles. The second-order valence-corrected chi connectivity index (χ2v) is 7.04. The van der Waals surface area contributed by atoms with Crippen molar-refractivity contribution in [3.05, 3.63) is 47.8 Å². The summed E-state index contributed by atoms with van der Waals surface area (Å²) in [5, 5.41) is 0. The van der Waals surface area contributed by atoms with E-state index in [1.54, 1.807) is 13.0 Å². The van der Waals surface area contributed by atoms with Gasteiger partial charge in [-0.25, -0.2) is 13.2 Å². The highest BCUT2D eigenvalue weighted by molar-refractivity contribution is 7.90. The predicted octanol–water partition coefficient (Wildman–Crippen LogP) is 2.25. The molecule has 134 valence electrons. The number of sulfone groups is 1. The third-order valence-corrected chi connectivity index (χ3v) is 5.07. The zero-order chi connectivity index (χ0) is 18.4. The molecule has 1 aromatic carbocycles. The summed E-state index contributed by atoms with van der Waals surface area (Å²) in [6.07, 6.45) is 2.73. The molecule has 0 saturated carbocycles. The van der Waals surface area contributed by atoms with Crippen molar-refractivity contribution in [3.63, 3.8) is 0 Å². The predicted molar refractivity (Wildman–Crippen MR) is 90.6 cm³/mol. The van der Waals surface area contributed by atoms with Crippen LogP contribution in [0.3, 0.4) is 0 Å². The van der Waals surface area contributed by atoms with E-state index in [2.05, 4.69) is 4.98 Å². The van der Waals surface area contributed by atoms with E-state index in [4.69, 9.17) is 14.2 Å². The summed E-state index contributed by atoms with van der Waals surface area (Å²) in [4.78, 5) is 15.7. The first kappa shape index (κ1) is 18.7. The van der Waals surface area contributed by atoms with Gasteiger partial charge >= 0.3 is 5.97 Å². The summed E-state index contributed by atoms with van der Waals surface area (Å²) < 4.78 is 40.7. The summed E-state index contributed by atoms with van der Waals surface area (Å²) in [6.45, 7) is 1.91. The van der Waals surface area contributed by atoms with Gasteiger partial charge in [0.1, 0.15) is 16.4 Å². The van der Waals surface area contributed by atoms with E-state index < -0.39 is 15.8 Å². The molecule has 0 amide bonds. The van der Waals surface area contributed by atoms with Gasteiger partial charge in [0.05, 0.1) is 32.1 Å². The summed E-state index contributed by atoms with van der Waals surface area (Å²) in [5.41, 5.74) is 0.572. The average molecular weight is 365 g/mol. The zero-order valence-electron chi connectivity index (χ0n) is 14.2. The highest BCUT2D eigenvalue weighted by Gasteiger charge is 2.22. The standard InChI is InChI=1S/C17H19NO6S/c1-4-24-17(19)13-7-12(9-18-10-13)11-25(20,21)16-8-14(22-2)5-6-15(16)23-3/h5-10H,4,11H2,1-3H3. The van der Waals surface area contributed by atoms with Gasteiger partial charge in [0.15, 0.2) is 9.84 Å². The van der Waals surface area contributed by atoms with Crippen LogP contribution in [-0.4, -0.2) is 40.2 Å². The van der Waals surface area contributed by atoms with Gasteiger partial charge in [0, 0.05) is 18.5 Å². The van der Waals surface area contributed by atoms with Crippen LogP contribution in [0.2, 0.25) is 0 Å². The van der Waals surface area contributed by atoms with Crippen LogP contribution < -0.4 is 9.47 Å². The molecular formula is C17H19NO6S. The van der Waals surface area contributed by atoms with Gasteiger partial charge < -0.3 is 14.2 Å². The fraction of sp³-hybridized carbons (Fsp3) is 0.294. The van der Waals surface area contributed by atoms with Crippen molar-refractivity contribution in [1.29, 1.82) is 0 Å². The van der Waals surface area contributed by atoms with Crippen molar-refractivity contribution < 1.29 is 27.4 Å². The maximum atomic E-state index is 12.8. The van der Waals surface area contributed by atoms with Gasteiger partial charge in [-0.15, -0.1) is 0 Å². The number of benzene rings is 1. The van der Waals surface area contributed by atoms with E-state index in [-0.39, 0.29) is 28.6 Å². The lowest BCUT2D eigenvalue weighted by Crippen LogP contribution is -2.10. The largest absolute Gasteiger partial charge is 0.497 e. The lowest BCUT2D eigenvalue weighted by molar-refractivity contribution is 0.0525. The molecule has 0 unspecified atom stereocenters. The van der Waals surface area contributed by atoms with Crippen LogP contribution in [0, 0.1) is 0 Å². The SMILES string of the molecule is CCOC(=O)c1cncc(CS(=O)(=O)c2cc(OC)ccc2OC)c1. The number of carbonyl (C=O) groups is 1. The van der Waals surface area contributed by atoms with Crippen molar-refractivity contribution in [2.75, 3.05) is 20.8 Å². The van der Waals surface area contributed by atoms with Crippen LogP contribution in [0.5, 0.6) is 11.5 Å². The molecule has 1 aromatic heterocycles. The van der Waals surface area contributed by atoms with E-state index in [1.807, 2.05) is 0 Å². The molecule has 25 heavy (non-hydrogen) atoms. The highest BCUT2D eigenvalue weighted by atomic mass is 32.2. The molecule has 7 nitrogen and oxygen atoms in total. The second-order valence-electron chi connectivity index (χ2n) is 5.08. The van der Waals surface area contributed by atoms with Crippen molar-refractivity contribution >= 4 is 15.8 Å². The van der Waals surface area contributed by atoms with Gasteiger partial charge in [-0.3, -0.25) is 4.98 Å². The molecule has 0 aliphatic carbocycles. The third-order valence-electron chi connectivity index (χ3n) is 3.37. The Morgan fingerprint density at radius 2 is 1.88 bits per heavy atom. The first-order chi connectivity index (χ1) is 11.9. The van der Waals surface area contributed by atoms with Gasteiger partial charge in [-0.1, -0.05) is 0 Å². The molecule has 0 radical (unpaired) electrons. The number of carbonyl (C=O) groups excluding carboxylic acids is 1. The Morgan fingerprint density at radius 3 is 2.52 bits per heavy atom. The first-order valence-corrected chi connectivity index (χ1v) is 9.12. The number of esters is 1. The van der Waals surface area contributed by atoms with Crippen LogP contribution in [0.4, 0.5) is 0 Å².